The summed E-state index contributed by atoms with van der Waals surface area (Å²) in [5.41, 5.74) is 0. The Hall–Kier alpha value is -0.123. The largest absolute Gasteiger partial charge is 1.00 e. The van der Waals surface area contributed by atoms with Gasteiger partial charge < -0.3 is 10.2 Å². The van der Waals surface area contributed by atoms with E-state index in [1.54, 1.807) is 0 Å². The Morgan fingerprint density at radius 1 is 0.917 bits per heavy atom. The first kappa shape index (κ1) is 17.8. The summed E-state index contributed by atoms with van der Waals surface area (Å²) in [4.78, 5) is 8.56. The van der Waals surface area contributed by atoms with Crippen LogP contribution in [0.15, 0.2) is 0 Å². The summed E-state index contributed by atoms with van der Waals surface area (Å²) in [5.74, 6) is 0. The molecular formula is CH2F6LiO3P. The molecule has 0 aromatic carbocycles. The fourth-order valence-corrected chi connectivity index (χ4v) is 0. The quantitative estimate of drug-likeness (QED) is 0.352. The fraction of sp³-hybridized carbons (Fsp3) is 0. The first-order chi connectivity index (χ1) is 4.18. The van der Waals surface area contributed by atoms with Gasteiger partial charge in [0.2, 0.25) is 0 Å². The van der Waals surface area contributed by atoms with Crippen molar-refractivity contribution >= 4 is 14.0 Å². The molecule has 2 N–H and O–H groups in total. The van der Waals surface area contributed by atoms with Gasteiger partial charge in [-0.15, -0.1) is 0 Å². The van der Waals surface area contributed by atoms with Crippen LogP contribution >= 0.6 is 7.81 Å². The third-order valence-electron chi connectivity index (χ3n) is 0. The van der Waals surface area contributed by atoms with E-state index in [0.717, 1.165) is 0 Å². The molecule has 0 spiro atoms. The van der Waals surface area contributed by atoms with Crippen LogP contribution in [0.4, 0.5) is 30.0 Å². The SMILES string of the molecule is F[P-](F)(F)(F)(F)F.O=C(O)O.[Li+]. The zero-order valence-corrected chi connectivity index (χ0v) is 6.41. The summed E-state index contributed by atoms with van der Waals surface area (Å²) in [7, 11) is -10.7. The molecule has 0 bridgehead atoms. The normalized spacial score (nSPS) is 15.5. The van der Waals surface area contributed by atoms with Crippen LogP contribution in [0, 0.1) is 0 Å². The second kappa shape index (κ2) is 3.32. The van der Waals surface area contributed by atoms with E-state index in [9.17, 15) is 25.2 Å². The molecule has 12 heavy (non-hydrogen) atoms. The van der Waals surface area contributed by atoms with Crippen molar-refractivity contribution in [2.24, 2.45) is 0 Å². The van der Waals surface area contributed by atoms with E-state index < -0.39 is 14.0 Å². The van der Waals surface area contributed by atoms with E-state index in [1.165, 1.54) is 0 Å². The maximum absolute atomic E-state index is 10.7. The van der Waals surface area contributed by atoms with Gasteiger partial charge in [-0.25, -0.2) is 4.79 Å². The number of carbonyl (C=O) groups is 1. The minimum absolute atomic E-state index is 0. The van der Waals surface area contributed by atoms with E-state index in [-0.39, 0.29) is 18.9 Å². The van der Waals surface area contributed by atoms with Gasteiger partial charge >= 0.3 is 58.0 Å². The topological polar surface area (TPSA) is 57.5 Å². The van der Waals surface area contributed by atoms with Crippen LogP contribution in [0.3, 0.4) is 0 Å². The van der Waals surface area contributed by atoms with E-state index in [4.69, 9.17) is 15.0 Å². The predicted molar refractivity (Wildman–Crippen MR) is 24.2 cm³/mol. The van der Waals surface area contributed by atoms with Gasteiger partial charge in [0.25, 0.3) is 0 Å². The van der Waals surface area contributed by atoms with Crippen molar-refractivity contribution in [2.75, 3.05) is 0 Å². The number of rotatable bonds is 0. The molecule has 0 aliphatic carbocycles. The summed E-state index contributed by atoms with van der Waals surface area (Å²) in [6, 6.07) is 0. The minimum Gasteiger partial charge on any atom is -0.450 e. The molecule has 0 saturated carbocycles. The van der Waals surface area contributed by atoms with Crippen LogP contribution in [0.2, 0.25) is 0 Å². The third kappa shape index (κ3) is 51800. The predicted octanol–water partition coefficient (Wildman–Crippen LogP) is 0.609. The first-order valence-corrected chi connectivity index (χ1v) is 3.69. The molecule has 0 aliphatic rings. The molecule has 0 heterocycles. The van der Waals surface area contributed by atoms with Crippen molar-refractivity contribution < 1.29 is 59.0 Å². The van der Waals surface area contributed by atoms with E-state index in [2.05, 4.69) is 0 Å². The summed E-state index contributed by atoms with van der Waals surface area (Å²) < 4.78 is 59.2. The standard InChI is InChI=1S/CH2O3.F6P.Li/c2-1(3)4;1-7(2,3,4,5)6;/h(H2,2,3,4);;/q;-1;+1. The molecule has 3 nitrogen and oxygen atoms in total. The van der Waals surface area contributed by atoms with E-state index >= 15 is 0 Å². The molecule has 0 saturated heterocycles. The van der Waals surface area contributed by atoms with Gasteiger partial charge in [0.15, 0.2) is 0 Å². The van der Waals surface area contributed by atoms with Gasteiger partial charge in [0, 0.05) is 0 Å². The molecule has 0 atom stereocenters. The number of halogens is 6. The van der Waals surface area contributed by atoms with Crippen LogP contribution < -0.4 is 18.9 Å². The number of hydrogen-bond acceptors (Lipinski definition) is 1. The zero-order chi connectivity index (χ0) is 9.99. The van der Waals surface area contributed by atoms with Crippen molar-refractivity contribution in [3.63, 3.8) is 0 Å². The number of carboxylic acid groups (broad SMARTS) is 2. The van der Waals surface area contributed by atoms with Gasteiger partial charge in [-0.3, -0.25) is 0 Å². The Kier molecular flexibility index (Phi) is 4.93. The van der Waals surface area contributed by atoms with Crippen molar-refractivity contribution in [3.8, 4) is 0 Å². The fourth-order valence-electron chi connectivity index (χ4n) is 0. The second-order valence-corrected chi connectivity index (χ2v) is 3.16. The molecule has 0 rings (SSSR count). The monoisotopic (exact) mass is 214 g/mol. The van der Waals surface area contributed by atoms with Crippen LogP contribution in [0.1, 0.15) is 0 Å². The van der Waals surface area contributed by atoms with Crippen molar-refractivity contribution in [2.45, 2.75) is 0 Å². The summed E-state index contributed by atoms with van der Waals surface area (Å²) in [5, 5.41) is 13.9. The molecule has 0 aliphatic heterocycles. The Morgan fingerprint density at radius 2 is 0.917 bits per heavy atom. The smallest absolute Gasteiger partial charge is 0.450 e. The average molecular weight is 214 g/mol. The van der Waals surface area contributed by atoms with Crippen LogP contribution in [0.5, 0.6) is 0 Å². The Bertz CT molecular complexity index is 141. The van der Waals surface area contributed by atoms with E-state index in [0.29, 0.717) is 0 Å². The summed E-state index contributed by atoms with van der Waals surface area (Å²) in [6.45, 7) is 0. The maximum atomic E-state index is 9.87. The van der Waals surface area contributed by atoms with Crippen LogP contribution in [-0.2, 0) is 0 Å². The zero-order valence-electron chi connectivity index (χ0n) is 5.52. The van der Waals surface area contributed by atoms with Crippen LogP contribution in [-0.4, -0.2) is 16.4 Å². The third-order valence-corrected chi connectivity index (χ3v) is 0. The summed E-state index contributed by atoms with van der Waals surface area (Å²) >= 11 is 0. The molecule has 0 unspecified atom stereocenters. The molecular weight excluding hydrogens is 212 g/mol. The van der Waals surface area contributed by atoms with Gasteiger partial charge in [-0.1, -0.05) is 0 Å². The van der Waals surface area contributed by atoms with Crippen molar-refractivity contribution in [3.05, 3.63) is 0 Å². The van der Waals surface area contributed by atoms with Gasteiger partial charge in [0.05, 0.1) is 0 Å². The Morgan fingerprint density at radius 3 is 0.917 bits per heavy atom. The maximum Gasteiger partial charge on any atom is 1.00 e. The molecule has 0 aromatic heterocycles. The molecule has 0 aromatic rings. The van der Waals surface area contributed by atoms with Gasteiger partial charge in [-0.05, 0) is 0 Å². The van der Waals surface area contributed by atoms with Crippen molar-refractivity contribution in [1.82, 2.24) is 0 Å². The summed E-state index contributed by atoms with van der Waals surface area (Å²) in [6.07, 6.45) is -1.83. The molecule has 11 heteroatoms. The molecule has 0 radical (unpaired) electrons. The second-order valence-electron chi connectivity index (χ2n) is 1.24. The minimum atomic E-state index is -10.7. The van der Waals surface area contributed by atoms with E-state index in [1.807, 2.05) is 0 Å². The van der Waals surface area contributed by atoms with Crippen molar-refractivity contribution in [1.29, 1.82) is 0 Å². The van der Waals surface area contributed by atoms with Gasteiger partial charge in [0.1, 0.15) is 0 Å². The first-order valence-electron chi connectivity index (χ1n) is 1.67. The Labute approximate surface area is 73.8 Å². The molecule has 0 amide bonds. The molecule has 0 fully saturated rings. The molecule has 72 valence electrons. The van der Waals surface area contributed by atoms with Gasteiger partial charge in [-0.2, -0.15) is 0 Å². The average Bonchev–Trinajstić information content (AvgIpc) is 1.11. The Balaban J connectivity index is -0.000000142. The number of hydrogen-bond donors (Lipinski definition) is 2. The van der Waals surface area contributed by atoms with Crippen LogP contribution in [0.25, 0.3) is 0 Å².